The Bertz CT molecular complexity index is 4350. The number of alkyl carbamates (subject to hydrolysis) is 1. The summed E-state index contributed by atoms with van der Waals surface area (Å²) >= 11 is 2.20. The number of amides is 8. The third kappa shape index (κ3) is 27.6. The first-order valence-electron chi connectivity index (χ1n) is 41.4. The van der Waals surface area contributed by atoms with Crippen LogP contribution in [0.4, 0.5) is 20.1 Å². The van der Waals surface area contributed by atoms with Crippen molar-refractivity contribution in [3.63, 3.8) is 0 Å². The Kier molecular flexibility index (Phi) is 40.8. The Labute approximate surface area is 758 Å². The van der Waals surface area contributed by atoms with Gasteiger partial charge in [0, 0.05) is 74.9 Å². The molecule has 2 aliphatic carbocycles. The Hall–Kier alpha value is -7.49. The van der Waals surface area contributed by atoms with Crippen molar-refractivity contribution >= 4 is 114 Å². The fourth-order valence-electron chi connectivity index (χ4n) is 15.0. The first kappa shape index (κ1) is 104. The number of nitrogens with two attached hydrogens (primary N) is 2. The summed E-state index contributed by atoms with van der Waals surface area (Å²) in [6.45, 7) is 17.1. The topological polar surface area (TPSA) is 527 Å². The Morgan fingerprint density at radius 2 is 1.48 bits per heavy atom. The second kappa shape index (κ2) is 49.5. The van der Waals surface area contributed by atoms with Crippen molar-refractivity contribution in [3.8, 4) is 40.9 Å². The highest BCUT2D eigenvalue weighted by Crippen LogP contribution is 2.48. The van der Waals surface area contributed by atoms with E-state index < -0.39 is 193 Å². The number of fused-ring (bicyclic) bond motifs is 2. The number of methoxy groups -OCH3 is 5. The lowest BCUT2D eigenvalue weighted by Crippen LogP contribution is -2.65. The van der Waals surface area contributed by atoms with Crippen molar-refractivity contribution in [2.45, 2.75) is 266 Å². The van der Waals surface area contributed by atoms with Crippen LogP contribution in [0.2, 0.25) is 0 Å². The number of aliphatic hydroxyl groups is 6. The van der Waals surface area contributed by atoms with Crippen molar-refractivity contribution in [2.75, 3.05) is 72.9 Å². The predicted molar refractivity (Wildman–Crippen MR) is 475 cm³/mol. The van der Waals surface area contributed by atoms with Gasteiger partial charge in [-0.3, -0.25) is 34.1 Å². The number of hydroxylamine groups is 1. The number of urea groups is 1. The summed E-state index contributed by atoms with van der Waals surface area (Å²) in [7, 11) is 9.61. The number of primary amides is 1. The molecule has 0 saturated carbocycles. The first-order valence-corrected chi connectivity index (χ1v) is 45.8. The molecule has 0 aromatic heterocycles. The van der Waals surface area contributed by atoms with Gasteiger partial charge >= 0.3 is 18.2 Å². The molecule has 2 bridgehead atoms. The number of likely N-dealkylation sites (N-methyl/N-ethyl adjacent to an activating group) is 1. The van der Waals surface area contributed by atoms with E-state index in [1.54, 1.807) is 89.6 Å². The molecular formula is C84H121IN10O28S3. The van der Waals surface area contributed by atoms with E-state index in [2.05, 4.69) is 61.1 Å². The molecule has 8 rings (SSSR count). The van der Waals surface area contributed by atoms with Gasteiger partial charge in [-0.25, -0.2) is 14.4 Å². The standard InChI is InChI=1S/C84H121IN10O28S3/c1-16-95(83(108)116-39-48-27-29-49(30-28-48)90-75(102)52(25-23-34-88-81(87)106)91-77(104)63(41(2)3)92-76(103)51(89-47(10)96)24-20-22-33-86)53-40-115-58(37-57(53)110-11)121-72-67(100)64(44(7)118-80(72)120-56-26-19-17-18-21-32-84(109)38-55(98)65(93-82(107)114-15)61(56)50(84)31-35-124-126-42(4)5)94-123-59-36-54(97)74(46(9)117-59)125-78(105)60-43(6)62(85)70(73(113-14)69(60)111-12)122-79-68(101)71(112-13)66(99)45(8)119-79/h17-18,27-31,41-42,44-46,51-54,56-59,63-64,66-68,71-72,74,79-80,94,97,99-101,105,109,125H,16,20,22-25,33-40,86H2,1-15H3,(H,89,96)(H,90,102)(H,91,104)(H,92,103)(H,93,107)(H3,87,88,106)/b18-17?,50-31+/t44-,45+,46-,51+,52+,53+,54+,56+,57+,58+,59+,63+,64-,66+,67+,68-,71-,72-,74-,79+,80+,84+/m1/s1. The summed E-state index contributed by atoms with van der Waals surface area (Å²) < 4.78 is 79.8. The lowest BCUT2D eigenvalue weighted by Gasteiger charge is -2.47. The van der Waals surface area contributed by atoms with Crippen molar-refractivity contribution < 1.29 is 135 Å². The molecule has 700 valence electrons. The molecule has 8 amide bonds. The number of carbonyl (C=O) groups excluding carboxylic acids is 8. The van der Waals surface area contributed by atoms with Crippen LogP contribution in [-0.4, -0.2) is 294 Å². The van der Waals surface area contributed by atoms with Gasteiger partial charge in [0.15, 0.2) is 41.8 Å². The number of allylic oxidation sites excluding steroid dienone is 3. The first-order chi connectivity index (χ1) is 60.0. The molecule has 42 heteroatoms. The summed E-state index contributed by atoms with van der Waals surface area (Å²) in [4.78, 5) is 115. The van der Waals surface area contributed by atoms with Gasteiger partial charge in [0.25, 0.3) is 0 Å². The molecule has 0 spiro atoms. The van der Waals surface area contributed by atoms with E-state index in [1.807, 2.05) is 36.4 Å². The van der Waals surface area contributed by atoms with Gasteiger partial charge in [0.05, 0.1) is 97.0 Å². The van der Waals surface area contributed by atoms with Crippen LogP contribution in [0.15, 0.2) is 59.3 Å². The zero-order chi connectivity index (χ0) is 92.6. The molecule has 2 aromatic rings. The molecule has 4 heterocycles. The number of carbonyl (C=O) groups is 8. The number of rotatable bonds is 40. The van der Waals surface area contributed by atoms with Crippen molar-refractivity contribution in [1.82, 2.24) is 37.0 Å². The van der Waals surface area contributed by atoms with Gasteiger partial charge < -0.3 is 135 Å². The Morgan fingerprint density at radius 3 is 2.12 bits per heavy atom. The fraction of sp³-hybridized carbons (Fsp3) is 0.631. The molecule has 2 aromatic carbocycles. The van der Waals surface area contributed by atoms with E-state index in [4.69, 9.17) is 77.9 Å². The number of Topliss-reactive ketones (excluding diaryl/α,β-unsaturated/α-hetero) is 1. The molecule has 4 fully saturated rings. The number of nitrogens with one attached hydrogen (secondary N) is 7. The minimum atomic E-state index is -2.16. The van der Waals surface area contributed by atoms with Crippen LogP contribution in [0.1, 0.15) is 130 Å². The van der Waals surface area contributed by atoms with Gasteiger partial charge in [0.2, 0.25) is 35.7 Å². The third-order valence-electron chi connectivity index (χ3n) is 21.5. The number of benzene rings is 2. The summed E-state index contributed by atoms with van der Waals surface area (Å²) in [5.41, 5.74) is 12.8. The highest BCUT2D eigenvalue weighted by molar-refractivity contribution is 14.1. The normalized spacial score (nSPS) is 28.4. The SMILES string of the molecule is CCN(C(=O)OCc1ccc(NC(=O)[C@H](CCCNC(N)=O)NC(=O)[C@@H](NC(=O)[C@H](CCCCN)NC(C)=O)C(C)C)cc1)[C@H]1CO[C@@H](O[C@H]2[C@H](O[C@H]3C#CC=CC#C[C@]4(O)CC(=O)C(NC(=O)OC)=C3/C4=C\CSSC(C)C)O[C@H](C)[C@@H](NO[C@H]3C[C@H](O)[C@H]([SH]=C(O)c4c(C)c(I)c(O[C@@H]5O[C@@H](C)[C@H](O)[C@@H](OC)[C@H]5O)c(OC)c4OC)[C@@H](C)O3)[C@@H]2O)C[C@@H]1OC. The highest BCUT2D eigenvalue weighted by atomic mass is 127. The van der Waals surface area contributed by atoms with Gasteiger partial charge in [-0.15, -0.1) is 0 Å². The highest BCUT2D eigenvalue weighted by Gasteiger charge is 2.53. The molecule has 0 radical (unpaired) electrons. The van der Waals surface area contributed by atoms with Crippen LogP contribution >= 0.6 is 55.5 Å². The number of nitrogens with zero attached hydrogens (tertiary/aromatic N) is 1. The molecular weight excluding hydrogens is 1820 g/mol. The number of ether oxygens (including phenoxy) is 13. The number of hydrogen-bond acceptors (Lipinski definition) is 31. The van der Waals surface area contributed by atoms with Crippen LogP contribution in [0.3, 0.4) is 0 Å². The number of ketones is 1. The lowest BCUT2D eigenvalue weighted by atomic mass is 9.75. The molecule has 126 heavy (non-hydrogen) atoms. The number of unbranched alkanes of at least 4 members (excludes halogenated alkanes) is 1. The van der Waals surface area contributed by atoms with Gasteiger partial charge in [-0.05, 0) is 137 Å². The zero-order valence-electron chi connectivity index (χ0n) is 73.1. The van der Waals surface area contributed by atoms with Crippen molar-refractivity contribution in [3.05, 3.63) is 79.6 Å². The van der Waals surface area contributed by atoms with Crippen LogP contribution in [0.25, 0.3) is 0 Å². The summed E-state index contributed by atoms with van der Waals surface area (Å²) in [6, 6.07) is 0.250. The van der Waals surface area contributed by atoms with Gasteiger partial charge in [0.1, 0.15) is 66.4 Å². The van der Waals surface area contributed by atoms with Gasteiger partial charge in [-0.1, -0.05) is 91.2 Å². The second-order valence-corrected chi connectivity index (χ2v) is 36.6. The van der Waals surface area contributed by atoms with Crippen LogP contribution in [-0.2, 0) is 82.8 Å². The van der Waals surface area contributed by atoms with E-state index in [-0.39, 0.29) is 125 Å². The number of aliphatic hydroxyl groups excluding tert-OH is 5. The molecule has 17 N–H and O–H groups in total. The smallest absolute Gasteiger partial charge is 0.411 e. The van der Waals surface area contributed by atoms with E-state index >= 15 is 0 Å². The molecule has 6 aliphatic rings. The lowest BCUT2D eigenvalue weighted by molar-refractivity contribution is -0.337. The summed E-state index contributed by atoms with van der Waals surface area (Å²) in [5.74, 6) is 8.40. The number of hydrogen-bond donors (Lipinski definition) is 16. The van der Waals surface area contributed by atoms with Crippen LogP contribution < -0.4 is 63.1 Å². The number of halogens is 1. The quantitative estimate of drug-likeness (QED) is 0.00861. The minimum absolute atomic E-state index is 0.0323. The molecule has 4 aliphatic heterocycles. The molecule has 22 atom stereocenters. The average molecular weight is 1940 g/mol. The monoisotopic (exact) mass is 1940 g/mol. The molecule has 4 saturated heterocycles. The maximum Gasteiger partial charge on any atom is 0.411 e. The Morgan fingerprint density at radius 1 is 0.794 bits per heavy atom. The van der Waals surface area contributed by atoms with Crippen LogP contribution in [0.5, 0.6) is 17.2 Å². The number of thiol groups is 1. The van der Waals surface area contributed by atoms with E-state index in [0.717, 1.165) is 7.11 Å². The third-order valence-corrected chi connectivity index (χ3v) is 27.2. The second-order valence-electron chi connectivity index (χ2n) is 31.2. The summed E-state index contributed by atoms with van der Waals surface area (Å²) in [5, 5.41) is 86.5. The molecule has 38 nitrogen and oxygen atoms in total. The Balaban J connectivity index is 1.01. The molecule has 0 unspecified atom stereocenters. The maximum absolute atomic E-state index is 14.4. The van der Waals surface area contributed by atoms with Crippen LogP contribution in [0, 0.1) is 40.1 Å². The largest absolute Gasteiger partial charge is 0.492 e. The summed E-state index contributed by atoms with van der Waals surface area (Å²) in [6.07, 6.45) is -15.4. The predicted octanol–water partition coefficient (Wildman–Crippen LogP) is 3.65. The number of anilines is 1. The average Bonchev–Trinajstić information content (AvgIpc) is 0.749. The van der Waals surface area contributed by atoms with Crippen molar-refractivity contribution in [2.24, 2.45) is 17.4 Å². The van der Waals surface area contributed by atoms with Gasteiger partial charge in [-0.2, -0.15) is 16.8 Å². The minimum Gasteiger partial charge on any atom is -0.492 e. The van der Waals surface area contributed by atoms with E-state index in [0.29, 0.717) is 39.8 Å². The van der Waals surface area contributed by atoms with Crippen molar-refractivity contribution in [1.29, 1.82) is 0 Å². The van der Waals surface area contributed by atoms with E-state index in [9.17, 15) is 69.0 Å². The fourth-order valence-corrected chi connectivity index (χ4v) is 18.7. The van der Waals surface area contributed by atoms with E-state index in [1.165, 1.54) is 63.2 Å². The zero-order valence-corrected chi connectivity index (χ0v) is 77.8. The maximum atomic E-state index is 14.4.